The standard InChI is InChI=1S/C20H23N3OS/c1-5-22(6-2)20(24)18-13-16(19-8-7-11-25-19)21-23(18)17-10-9-14(3)12-15(17)4/h7-13H,5-6H2,1-4H3. The van der Waals surface area contributed by atoms with Gasteiger partial charge < -0.3 is 4.90 Å². The SMILES string of the molecule is CCN(CC)C(=O)c1cc(-c2cccs2)nn1-c1ccc(C)cc1C. The highest BCUT2D eigenvalue weighted by Gasteiger charge is 2.22. The van der Waals surface area contributed by atoms with Crippen LogP contribution in [0.3, 0.4) is 0 Å². The second kappa shape index (κ2) is 7.23. The molecule has 0 radical (unpaired) electrons. The van der Waals surface area contributed by atoms with E-state index in [1.165, 1.54) is 5.56 Å². The Kier molecular flexibility index (Phi) is 5.04. The number of aryl methyl sites for hydroxylation is 2. The fraction of sp³-hybridized carbons (Fsp3) is 0.300. The first-order valence-electron chi connectivity index (χ1n) is 8.56. The Labute approximate surface area is 152 Å². The van der Waals surface area contributed by atoms with Gasteiger partial charge in [0.25, 0.3) is 5.91 Å². The normalized spacial score (nSPS) is 10.9. The van der Waals surface area contributed by atoms with Crippen LogP contribution in [0.1, 0.15) is 35.5 Å². The van der Waals surface area contributed by atoms with Crippen LogP contribution >= 0.6 is 11.3 Å². The van der Waals surface area contributed by atoms with Gasteiger partial charge in [0.1, 0.15) is 11.4 Å². The van der Waals surface area contributed by atoms with Crippen molar-refractivity contribution in [1.82, 2.24) is 14.7 Å². The van der Waals surface area contributed by atoms with Crippen molar-refractivity contribution < 1.29 is 4.79 Å². The molecule has 0 bridgehead atoms. The summed E-state index contributed by atoms with van der Waals surface area (Å²) in [5.41, 5.74) is 4.70. The third-order valence-corrected chi connectivity index (χ3v) is 5.23. The van der Waals surface area contributed by atoms with E-state index in [4.69, 9.17) is 5.10 Å². The molecular weight excluding hydrogens is 330 g/mol. The van der Waals surface area contributed by atoms with Crippen molar-refractivity contribution in [2.75, 3.05) is 13.1 Å². The maximum absolute atomic E-state index is 13.0. The number of carbonyl (C=O) groups excluding carboxylic acids is 1. The number of aromatic nitrogens is 2. The van der Waals surface area contributed by atoms with Crippen molar-refractivity contribution in [3.05, 3.63) is 58.6 Å². The van der Waals surface area contributed by atoms with Crippen molar-refractivity contribution in [2.24, 2.45) is 0 Å². The van der Waals surface area contributed by atoms with E-state index >= 15 is 0 Å². The Morgan fingerprint density at radius 2 is 1.92 bits per heavy atom. The lowest BCUT2D eigenvalue weighted by Gasteiger charge is -2.19. The van der Waals surface area contributed by atoms with Crippen LogP contribution < -0.4 is 0 Å². The predicted molar refractivity (Wildman–Crippen MR) is 104 cm³/mol. The van der Waals surface area contributed by atoms with Crippen molar-refractivity contribution in [1.29, 1.82) is 0 Å². The topological polar surface area (TPSA) is 38.1 Å². The quantitative estimate of drug-likeness (QED) is 0.667. The minimum Gasteiger partial charge on any atom is -0.338 e. The monoisotopic (exact) mass is 353 g/mol. The highest BCUT2D eigenvalue weighted by Crippen LogP contribution is 2.27. The zero-order valence-electron chi connectivity index (χ0n) is 15.1. The van der Waals surface area contributed by atoms with Crippen LogP contribution in [0.4, 0.5) is 0 Å². The third-order valence-electron chi connectivity index (χ3n) is 4.33. The third kappa shape index (κ3) is 3.37. The van der Waals surface area contributed by atoms with Crippen LogP contribution in [0.2, 0.25) is 0 Å². The first kappa shape index (κ1) is 17.4. The molecule has 0 saturated carbocycles. The highest BCUT2D eigenvalue weighted by atomic mass is 32.1. The molecule has 3 aromatic rings. The van der Waals surface area contributed by atoms with E-state index in [2.05, 4.69) is 26.0 Å². The minimum atomic E-state index is 0.0141. The van der Waals surface area contributed by atoms with Gasteiger partial charge in [-0.2, -0.15) is 5.10 Å². The lowest BCUT2D eigenvalue weighted by molar-refractivity contribution is 0.0764. The maximum atomic E-state index is 13.0. The van der Waals surface area contributed by atoms with Gasteiger partial charge in [0.05, 0.1) is 10.6 Å². The lowest BCUT2D eigenvalue weighted by Crippen LogP contribution is -2.32. The molecule has 5 heteroatoms. The molecule has 0 aliphatic carbocycles. The predicted octanol–water partition coefficient (Wildman–Crippen LogP) is 4.70. The van der Waals surface area contributed by atoms with Crippen LogP contribution in [-0.2, 0) is 0 Å². The number of benzene rings is 1. The van der Waals surface area contributed by atoms with E-state index < -0.39 is 0 Å². The molecule has 1 aromatic carbocycles. The van der Waals surface area contributed by atoms with E-state index in [0.717, 1.165) is 21.8 Å². The van der Waals surface area contributed by atoms with Crippen LogP contribution in [0, 0.1) is 13.8 Å². The van der Waals surface area contributed by atoms with E-state index in [9.17, 15) is 4.79 Å². The molecule has 4 nitrogen and oxygen atoms in total. The summed E-state index contributed by atoms with van der Waals surface area (Å²) in [4.78, 5) is 15.9. The Morgan fingerprint density at radius 3 is 2.52 bits per heavy atom. The van der Waals surface area contributed by atoms with Gasteiger partial charge >= 0.3 is 0 Å². The van der Waals surface area contributed by atoms with Gasteiger partial charge in [-0.15, -0.1) is 11.3 Å². The molecule has 0 spiro atoms. The van der Waals surface area contributed by atoms with Crippen molar-refractivity contribution in [2.45, 2.75) is 27.7 Å². The molecule has 0 fully saturated rings. The Hall–Kier alpha value is -2.40. The average Bonchev–Trinajstić information content (AvgIpc) is 3.25. The van der Waals surface area contributed by atoms with Crippen molar-refractivity contribution >= 4 is 17.2 Å². The Balaban J connectivity index is 2.16. The Bertz CT molecular complexity index is 876. The van der Waals surface area contributed by atoms with E-state index in [1.54, 1.807) is 16.0 Å². The number of hydrogen-bond acceptors (Lipinski definition) is 3. The highest BCUT2D eigenvalue weighted by molar-refractivity contribution is 7.13. The smallest absolute Gasteiger partial charge is 0.272 e. The summed E-state index contributed by atoms with van der Waals surface area (Å²) in [5, 5.41) is 6.79. The van der Waals surface area contributed by atoms with Gasteiger partial charge in [0.15, 0.2) is 0 Å². The number of hydrogen-bond donors (Lipinski definition) is 0. The average molecular weight is 353 g/mol. The van der Waals surface area contributed by atoms with Gasteiger partial charge in [-0.3, -0.25) is 4.79 Å². The summed E-state index contributed by atoms with van der Waals surface area (Å²) in [7, 11) is 0. The van der Waals surface area contributed by atoms with E-state index in [-0.39, 0.29) is 5.91 Å². The molecule has 25 heavy (non-hydrogen) atoms. The zero-order chi connectivity index (χ0) is 18.0. The maximum Gasteiger partial charge on any atom is 0.272 e. The first-order valence-corrected chi connectivity index (χ1v) is 9.44. The lowest BCUT2D eigenvalue weighted by atomic mass is 10.1. The molecule has 0 atom stereocenters. The van der Waals surface area contributed by atoms with Crippen LogP contribution in [0.25, 0.3) is 16.3 Å². The number of nitrogens with zero attached hydrogens (tertiary/aromatic N) is 3. The van der Waals surface area contributed by atoms with Gasteiger partial charge in [0, 0.05) is 13.1 Å². The molecular formula is C20H23N3OS. The molecule has 3 rings (SSSR count). The number of rotatable bonds is 5. The summed E-state index contributed by atoms with van der Waals surface area (Å²) < 4.78 is 1.80. The molecule has 1 amide bonds. The number of amides is 1. The van der Waals surface area contributed by atoms with Crippen LogP contribution in [0.5, 0.6) is 0 Å². The summed E-state index contributed by atoms with van der Waals surface area (Å²) in [6.45, 7) is 9.49. The molecule has 2 aromatic heterocycles. The summed E-state index contributed by atoms with van der Waals surface area (Å²) in [6, 6.07) is 12.2. The van der Waals surface area contributed by atoms with Crippen molar-refractivity contribution in [3.63, 3.8) is 0 Å². The Morgan fingerprint density at radius 1 is 1.16 bits per heavy atom. The summed E-state index contributed by atoms with van der Waals surface area (Å²) in [6.07, 6.45) is 0. The zero-order valence-corrected chi connectivity index (χ0v) is 15.9. The molecule has 0 aliphatic heterocycles. The van der Waals surface area contributed by atoms with E-state index in [0.29, 0.717) is 18.8 Å². The van der Waals surface area contributed by atoms with Gasteiger partial charge in [-0.25, -0.2) is 4.68 Å². The molecule has 0 saturated heterocycles. The molecule has 0 unspecified atom stereocenters. The molecule has 2 heterocycles. The minimum absolute atomic E-state index is 0.0141. The van der Waals surface area contributed by atoms with Crippen LogP contribution in [-0.4, -0.2) is 33.7 Å². The summed E-state index contributed by atoms with van der Waals surface area (Å²) in [5.74, 6) is 0.0141. The van der Waals surface area contributed by atoms with E-state index in [1.807, 2.05) is 48.4 Å². The van der Waals surface area contributed by atoms with Gasteiger partial charge in [-0.1, -0.05) is 23.8 Å². The number of thiophene rings is 1. The fourth-order valence-corrected chi connectivity index (χ4v) is 3.66. The number of carbonyl (C=O) groups is 1. The molecule has 130 valence electrons. The van der Waals surface area contributed by atoms with Crippen molar-refractivity contribution in [3.8, 4) is 16.3 Å². The fourth-order valence-electron chi connectivity index (χ4n) is 2.98. The molecule has 0 aliphatic rings. The molecule has 0 N–H and O–H groups in total. The van der Waals surface area contributed by atoms with Gasteiger partial charge in [0.2, 0.25) is 0 Å². The second-order valence-corrected chi connectivity index (χ2v) is 7.02. The first-order chi connectivity index (χ1) is 12.0. The van der Waals surface area contributed by atoms with Gasteiger partial charge in [-0.05, 0) is 56.8 Å². The largest absolute Gasteiger partial charge is 0.338 e. The van der Waals surface area contributed by atoms with Crippen LogP contribution in [0.15, 0.2) is 41.8 Å². The second-order valence-electron chi connectivity index (χ2n) is 6.07. The summed E-state index contributed by atoms with van der Waals surface area (Å²) >= 11 is 1.63.